The third-order valence-electron chi connectivity index (χ3n) is 8.98. The highest BCUT2D eigenvalue weighted by atomic mass is 16.3. The van der Waals surface area contributed by atoms with Gasteiger partial charge >= 0.3 is 0 Å². The minimum Gasteiger partial charge on any atom is -0.457 e. The zero-order valence-corrected chi connectivity index (χ0v) is 23.9. The molecule has 9 rings (SSSR count). The normalized spacial score (nSPS) is 19.3. The van der Waals surface area contributed by atoms with Crippen molar-refractivity contribution in [3.8, 4) is 22.8 Å². The first-order valence-electron chi connectivity index (χ1n) is 15.1. The van der Waals surface area contributed by atoms with E-state index in [-0.39, 0.29) is 17.9 Å². The van der Waals surface area contributed by atoms with Crippen LogP contribution in [0.25, 0.3) is 41.0 Å². The van der Waals surface area contributed by atoms with Crippen molar-refractivity contribution in [2.75, 3.05) is 4.90 Å². The van der Waals surface area contributed by atoms with Crippen LogP contribution in [0.1, 0.15) is 41.0 Å². The number of para-hydroxylation sites is 2. The van der Waals surface area contributed by atoms with E-state index < -0.39 is 0 Å². The van der Waals surface area contributed by atoms with Gasteiger partial charge in [0.15, 0.2) is 11.6 Å². The highest BCUT2D eigenvalue weighted by Crippen LogP contribution is 2.50. The largest absolute Gasteiger partial charge is 0.457 e. The summed E-state index contributed by atoms with van der Waals surface area (Å²) in [4.78, 5) is 17.3. The lowest BCUT2D eigenvalue weighted by Crippen LogP contribution is -2.35. The molecule has 0 amide bonds. The maximum atomic E-state index is 6.61. The van der Waals surface area contributed by atoms with Crippen LogP contribution in [0.5, 0.6) is 0 Å². The summed E-state index contributed by atoms with van der Waals surface area (Å²) < 4.78 is 6.61. The maximum Gasteiger partial charge on any atom is 0.163 e. The lowest BCUT2D eigenvalue weighted by molar-refractivity contribution is 0.509. The van der Waals surface area contributed by atoms with Crippen LogP contribution in [-0.2, 0) is 0 Å². The average molecular weight is 569 g/mol. The summed E-state index contributed by atoms with van der Waals surface area (Å²) in [7, 11) is 0. The van der Waals surface area contributed by atoms with Crippen molar-refractivity contribution in [1.29, 1.82) is 0 Å². The second-order valence-corrected chi connectivity index (χ2v) is 11.5. The molecule has 3 atom stereocenters. The van der Waals surface area contributed by atoms with E-state index in [9.17, 15) is 0 Å². The van der Waals surface area contributed by atoms with Gasteiger partial charge in [-0.3, -0.25) is 0 Å². The molecule has 0 saturated heterocycles. The highest BCUT2D eigenvalue weighted by molar-refractivity contribution is 5.78. The van der Waals surface area contributed by atoms with Crippen LogP contribution in [-0.4, -0.2) is 21.0 Å². The van der Waals surface area contributed by atoms with Crippen molar-refractivity contribution in [1.82, 2.24) is 15.0 Å². The number of benzene rings is 4. The monoisotopic (exact) mass is 568 g/mol. The molecule has 0 fully saturated rings. The Balaban J connectivity index is 1.16. The first-order chi connectivity index (χ1) is 21.8. The van der Waals surface area contributed by atoms with Crippen LogP contribution in [0.3, 0.4) is 0 Å². The summed E-state index contributed by atoms with van der Waals surface area (Å²) >= 11 is 0. The fourth-order valence-electron chi connectivity index (χ4n) is 7.01. The summed E-state index contributed by atoms with van der Waals surface area (Å²) in [5.74, 6) is 3.22. The van der Waals surface area contributed by atoms with Crippen molar-refractivity contribution in [2.24, 2.45) is 0 Å². The van der Waals surface area contributed by atoms with E-state index in [1.165, 1.54) is 27.7 Å². The van der Waals surface area contributed by atoms with E-state index in [2.05, 4.69) is 83.8 Å². The Morgan fingerprint density at radius 2 is 1.32 bits per heavy atom. The Labute approximate surface area is 255 Å². The van der Waals surface area contributed by atoms with Gasteiger partial charge in [-0.15, -0.1) is 0 Å². The van der Waals surface area contributed by atoms with Gasteiger partial charge in [0.05, 0.1) is 6.04 Å². The van der Waals surface area contributed by atoms with E-state index in [0.717, 1.165) is 34.5 Å². The molecule has 210 valence electrons. The van der Waals surface area contributed by atoms with E-state index in [4.69, 9.17) is 19.4 Å². The predicted octanol–water partition coefficient (Wildman–Crippen LogP) is 7.23. The van der Waals surface area contributed by atoms with Gasteiger partial charge in [0.25, 0.3) is 0 Å². The number of hydrogen-bond donors (Lipinski definition) is 0. The molecule has 0 bridgehead atoms. The Morgan fingerprint density at radius 1 is 0.682 bits per heavy atom. The van der Waals surface area contributed by atoms with Gasteiger partial charge in [0.2, 0.25) is 0 Å². The quantitative estimate of drug-likeness (QED) is 0.225. The van der Waals surface area contributed by atoms with Gasteiger partial charge in [-0.2, -0.15) is 0 Å². The number of hydrogen-bond acceptors (Lipinski definition) is 5. The summed E-state index contributed by atoms with van der Waals surface area (Å²) in [5, 5.41) is 1.20. The van der Waals surface area contributed by atoms with E-state index in [1.54, 1.807) is 0 Å². The molecular weight excluding hydrogens is 540 g/mol. The molecule has 5 nitrogen and oxygen atoms in total. The molecule has 1 aliphatic heterocycles. The first-order valence-corrected chi connectivity index (χ1v) is 15.1. The molecule has 0 radical (unpaired) electrons. The Kier molecular flexibility index (Phi) is 5.69. The summed E-state index contributed by atoms with van der Waals surface area (Å²) in [6.45, 7) is 0. The van der Waals surface area contributed by atoms with Crippen molar-refractivity contribution < 1.29 is 4.42 Å². The van der Waals surface area contributed by atoms with Gasteiger partial charge in [0, 0.05) is 45.1 Å². The van der Waals surface area contributed by atoms with Crippen LogP contribution in [0, 0.1) is 0 Å². The lowest BCUT2D eigenvalue weighted by atomic mass is 9.82. The van der Waals surface area contributed by atoms with Gasteiger partial charge in [-0.05, 0) is 42.3 Å². The van der Waals surface area contributed by atoms with Crippen molar-refractivity contribution in [3.63, 3.8) is 0 Å². The minimum atomic E-state index is -0.0283. The SMILES string of the molecule is C1=CC2C(c3ccccc3N2c2ccccc2)c2c1oc1c2=CCC(c2nc(-c3ccccc3)nc(-c3ccccc3)n2)C=1. The Morgan fingerprint density at radius 3 is 2.02 bits per heavy atom. The molecule has 3 unspecified atom stereocenters. The van der Waals surface area contributed by atoms with Gasteiger partial charge in [-0.1, -0.05) is 109 Å². The standard InChI is InChI=1S/C39H28N4O/c1-4-12-25(13-5-1)37-40-38(26-14-6-2-7-15-26)42-39(41-37)27-20-21-30-34(24-27)44-33-23-22-32-35(36(30)33)29-18-10-11-19-31(29)43(32)28-16-8-3-9-17-28/h1-19,21-24,27,32,35H,20H2. The van der Waals surface area contributed by atoms with Gasteiger partial charge in [0.1, 0.15) is 17.0 Å². The van der Waals surface area contributed by atoms with Crippen LogP contribution in [0.4, 0.5) is 11.4 Å². The Bertz CT molecular complexity index is 2110. The first kappa shape index (κ1) is 25.0. The molecule has 6 aromatic rings. The fraction of sp³-hybridized carbons (Fsp3) is 0.103. The number of furan rings is 1. The zero-order chi connectivity index (χ0) is 29.0. The summed E-state index contributed by atoms with van der Waals surface area (Å²) in [6.07, 6.45) is 9.80. The van der Waals surface area contributed by atoms with E-state index >= 15 is 0 Å². The molecule has 3 aliphatic rings. The van der Waals surface area contributed by atoms with Crippen molar-refractivity contribution >= 4 is 29.6 Å². The molecule has 2 aromatic heterocycles. The van der Waals surface area contributed by atoms with Gasteiger partial charge < -0.3 is 9.32 Å². The molecule has 5 heteroatoms. The topological polar surface area (TPSA) is 55.1 Å². The summed E-state index contributed by atoms with van der Waals surface area (Å²) in [6, 6.07) is 39.9. The van der Waals surface area contributed by atoms with Gasteiger partial charge in [-0.25, -0.2) is 15.0 Å². The third-order valence-corrected chi connectivity index (χ3v) is 8.98. The van der Waals surface area contributed by atoms with Crippen LogP contribution >= 0.6 is 0 Å². The van der Waals surface area contributed by atoms with Crippen molar-refractivity contribution in [2.45, 2.75) is 24.3 Å². The molecule has 0 saturated carbocycles. The van der Waals surface area contributed by atoms with Crippen LogP contribution < -0.4 is 15.5 Å². The Hall–Kier alpha value is -5.55. The number of rotatable bonds is 4. The number of anilines is 2. The molecule has 0 spiro atoms. The third kappa shape index (κ3) is 3.97. The van der Waals surface area contributed by atoms with Crippen LogP contribution in [0.2, 0.25) is 0 Å². The number of nitrogens with zero attached hydrogens (tertiary/aromatic N) is 4. The lowest BCUT2D eigenvalue weighted by Gasteiger charge is -2.30. The molecule has 0 N–H and O–H groups in total. The molecule has 2 aliphatic carbocycles. The second-order valence-electron chi connectivity index (χ2n) is 11.5. The summed E-state index contributed by atoms with van der Waals surface area (Å²) in [5.41, 5.74) is 7.91. The molecule has 4 aromatic carbocycles. The maximum absolute atomic E-state index is 6.61. The number of aromatic nitrogens is 3. The second kappa shape index (κ2) is 10.0. The highest BCUT2D eigenvalue weighted by Gasteiger charge is 2.43. The van der Waals surface area contributed by atoms with E-state index in [0.29, 0.717) is 11.6 Å². The molecule has 44 heavy (non-hydrogen) atoms. The van der Waals surface area contributed by atoms with Crippen LogP contribution in [0.15, 0.2) is 126 Å². The predicted molar refractivity (Wildman–Crippen MR) is 175 cm³/mol. The minimum absolute atomic E-state index is 0.0283. The molecule has 3 heterocycles. The average Bonchev–Trinajstić information content (AvgIpc) is 3.64. The zero-order valence-electron chi connectivity index (χ0n) is 23.9. The van der Waals surface area contributed by atoms with Crippen molar-refractivity contribution in [3.05, 3.63) is 155 Å². The smallest absolute Gasteiger partial charge is 0.163 e. The fourth-order valence-corrected chi connectivity index (χ4v) is 7.01. The number of fused-ring (bicyclic) bond motifs is 7. The van der Waals surface area contributed by atoms with E-state index in [1.807, 2.05) is 60.7 Å². The molecular formula is C39H28N4O.